The van der Waals surface area contributed by atoms with Crippen LogP contribution in [0.2, 0.25) is 0 Å². The molecule has 0 radical (unpaired) electrons. The lowest BCUT2D eigenvalue weighted by Crippen LogP contribution is -2.15. The summed E-state index contributed by atoms with van der Waals surface area (Å²) in [6.07, 6.45) is 7.06. The molecule has 21 heavy (non-hydrogen) atoms. The molecule has 1 aliphatic carbocycles. The fourth-order valence-corrected chi connectivity index (χ4v) is 4.16. The molecule has 0 amide bonds. The molecule has 0 aliphatic heterocycles. The van der Waals surface area contributed by atoms with E-state index in [-0.39, 0.29) is 0 Å². The van der Waals surface area contributed by atoms with Gasteiger partial charge in [-0.2, -0.15) is 0 Å². The Hall–Kier alpha value is -1.55. The second-order valence-electron chi connectivity index (χ2n) is 5.94. The monoisotopic (exact) mass is 301 g/mol. The number of fused-ring (bicyclic) bond motifs is 1. The first-order chi connectivity index (χ1) is 10.1. The zero-order chi connectivity index (χ0) is 14.8. The van der Waals surface area contributed by atoms with Gasteiger partial charge in [0.15, 0.2) is 5.82 Å². The molecule has 1 atom stereocenters. The van der Waals surface area contributed by atoms with Crippen LogP contribution in [0, 0.1) is 0 Å². The van der Waals surface area contributed by atoms with E-state index >= 15 is 0 Å². The van der Waals surface area contributed by atoms with Crippen LogP contribution in [0.15, 0.2) is 24.4 Å². The van der Waals surface area contributed by atoms with Crippen LogP contribution < -0.4 is 10.2 Å². The van der Waals surface area contributed by atoms with E-state index in [4.69, 9.17) is 0 Å². The van der Waals surface area contributed by atoms with Gasteiger partial charge in [0, 0.05) is 30.0 Å². The van der Waals surface area contributed by atoms with Crippen LogP contribution in [-0.2, 0) is 12.8 Å². The third-order valence-electron chi connectivity index (χ3n) is 4.02. The lowest BCUT2D eigenvalue weighted by Gasteiger charge is -2.20. The van der Waals surface area contributed by atoms with Gasteiger partial charge in [-0.3, -0.25) is 0 Å². The van der Waals surface area contributed by atoms with Crippen molar-refractivity contribution in [2.45, 2.75) is 38.6 Å². The van der Waals surface area contributed by atoms with Crippen molar-refractivity contribution in [2.75, 3.05) is 24.3 Å². The Morgan fingerprint density at radius 1 is 1.29 bits per heavy atom. The number of hydrogen-bond donors (Lipinski definition) is 1. The van der Waals surface area contributed by atoms with Crippen LogP contribution in [0.3, 0.4) is 0 Å². The van der Waals surface area contributed by atoms with E-state index in [2.05, 4.69) is 34.3 Å². The highest BCUT2D eigenvalue weighted by Crippen LogP contribution is 2.35. The Morgan fingerprint density at radius 3 is 2.86 bits per heavy atom. The van der Waals surface area contributed by atoms with Crippen molar-refractivity contribution in [3.63, 3.8) is 0 Å². The Bertz CT molecular complexity index is 595. The molecular formula is C17H23N3S. The number of aromatic nitrogens is 1. The van der Waals surface area contributed by atoms with Crippen molar-refractivity contribution in [3.8, 4) is 0 Å². The number of anilines is 2. The zero-order valence-electron chi connectivity index (χ0n) is 13.0. The van der Waals surface area contributed by atoms with Crippen molar-refractivity contribution in [3.05, 3.63) is 39.7 Å². The normalized spacial score (nSPS) is 15.4. The first kappa shape index (κ1) is 14.4. The largest absolute Gasteiger partial charge is 0.375 e. The van der Waals surface area contributed by atoms with Gasteiger partial charge in [-0.25, -0.2) is 4.98 Å². The summed E-state index contributed by atoms with van der Waals surface area (Å²) in [4.78, 5) is 9.55. The van der Waals surface area contributed by atoms with Gasteiger partial charge >= 0.3 is 0 Å². The molecule has 3 rings (SSSR count). The van der Waals surface area contributed by atoms with Crippen LogP contribution in [0.4, 0.5) is 11.5 Å². The lowest BCUT2D eigenvalue weighted by atomic mass is 9.99. The second kappa shape index (κ2) is 6.06. The molecule has 0 saturated carbocycles. The number of hydrogen-bond acceptors (Lipinski definition) is 4. The van der Waals surface area contributed by atoms with Gasteiger partial charge in [-0.15, -0.1) is 11.3 Å². The minimum absolute atomic E-state index is 0.323. The number of rotatable bonds is 4. The van der Waals surface area contributed by atoms with E-state index in [1.807, 2.05) is 37.7 Å². The number of nitrogens with one attached hydrogen (secondary N) is 1. The van der Waals surface area contributed by atoms with Crippen molar-refractivity contribution in [2.24, 2.45) is 0 Å². The van der Waals surface area contributed by atoms with E-state index < -0.39 is 0 Å². The summed E-state index contributed by atoms with van der Waals surface area (Å²) in [6.45, 7) is 2.24. The predicted molar refractivity (Wildman–Crippen MR) is 91.6 cm³/mol. The maximum atomic E-state index is 4.46. The number of nitrogens with zero attached hydrogens (tertiary/aromatic N) is 2. The Balaban J connectivity index is 1.80. The molecule has 4 heteroatoms. The molecule has 3 nitrogen and oxygen atoms in total. The van der Waals surface area contributed by atoms with Gasteiger partial charge in [0.1, 0.15) is 0 Å². The third-order valence-corrected chi connectivity index (χ3v) is 5.44. The number of thiophene rings is 1. The molecule has 2 heterocycles. The molecule has 0 bridgehead atoms. The third kappa shape index (κ3) is 3.05. The van der Waals surface area contributed by atoms with Gasteiger partial charge in [-0.1, -0.05) is 0 Å². The van der Waals surface area contributed by atoms with E-state index in [9.17, 15) is 0 Å². The molecule has 1 N–H and O–H groups in total. The van der Waals surface area contributed by atoms with Crippen LogP contribution in [0.1, 0.15) is 41.1 Å². The molecule has 112 valence electrons. The summed E-state index contributed by atoms with van der Waals surface area (Å²) >= 11 is 1.98. The summed E-state index contributed by atoms with van der Waals surface area (Å²) in [5.41, 5.74) is 2.68. The van der Waals surface area contributed by atoms with Crippen molar-refractivity contribution < 1.29 is 0 Å². The lowest BCUT2D eigenvalue weighted by molar-refractivity contribution is 0.696. The predicted octanol–water partition coefficient (Wildman–Crippen LogP) is 4.26. The topological polar surface area (TPSA) is 28.2 Å². The standard InChI is InChI=1S/C17H23N3S/c1-12(16-11-13-7-4-5-9-15(13)21-16)19-14-8-6-10-18-17(14)20(2)3/h6,8,10-12,19H,4-5,7,9H2,1-3H3. The van der Waals surface area contributed by atoms with Crippen molar-refractivity contribution in [1.29, 1.82) is 0 Å². The van der Waals surface area contributed by atoms with E-state index in [1.54, 1.807) is 10.4 Å². The Kier molecular flexibility index (Phi) is 4.15. The highest BCUT2D eigenvalue weighted by atomic mass is 32.1. The Labute approximate surface area is 131 Å². The van der Waals surface area contributed by atoms with Crippen LogP contribution >= 0.6 is 11.3 Å². The molecule has 0 fully saturated rings. The molecule has 2 aromatic rings. The fraction of sp³-hybridized carbons (Fsp3) is 0.471. The molecule has 0 spiro atoms. The quantitative estimate of drug-likeness (QED) is 0.914. The van der Waals surface area contributed by atoms with Crippen LogP contribution in [-0.4, -0.2) is 19.1 Å². The van der Waals surface area contributed by atoms with E-state index in [0.29, 0.717) is 6.04 Å². The van der Waals surface area contributed by atoms with Gasteiger partial charge < -0.3 is 10.2 Å². The maximum absolute atomic E-state index is 4.46. The molecular weight excluding hydrogens is 278 g/mol. The highest BCUT2D eigenvalue weighted by Gasteiger charge is 2.17. The van der Waals surface area contributed by atoms with Gasteiger partial charge in [0.25, 0.3) is 0 Å². The van der Waals surface area contributed by atoms with Crippen molar-refractivity contribution in [1.82, 2.24) is 4.98 Å². The first-order valence-electron chi connectivity index (χ1n) is 7.65. The fourth-order valence-electron chi connectivity index (χ4n) is 2.90. The van der Waals surface area contributed by atoms with Gasteiger partial charge in [-0.05, 0) is 56.4 Å². The SMILES string of the molecule is CC(Nc1cccnc1N(C)C)c1cc2c(s1)CCCC2. The molecule has 2 aromatic heterocycles. The summed E-state index contributed by atoms with van der Waals surface area (Å²) in [6, 6.07) is 6.82. The van der Waals surface area contributed by atoms with E-state index in [1.165, 1.54) is 30.6 Å². The molecule has 0 aromatic carbocycles. The number of aryl methyl sites for hydroxylation is 2. The van der Waals surface area contributed by atoms with Crippen LogP contribution in [0.25, 0.3) is 0 Å². The second-order valence-corrected chi connectivity index (χ2v) is 7.11. The number of pyridine rings is 1. The Morgan fingerprint density at radius 2 is 2.10 bits per heavy atom. The smallest absolute Gasteiger partial charge is 0.151 e. The van der Waals surface area contributed by atoms with Crippen molar-refractivity contribution >= 4 is 22.8 Å². The average molecular weight is 301 g/mol. The minimum atomic E-state index is 0.323. The summed E-state index contributed by atoms with van der Waals surface area (Å²) in [7, 11) is 4.06. The first-order valence-corrected chi connectivity index (χ1v) is 8.47. The average Bonchev–Trinajstić information content (AvgIpc) is 2.91. The zero-order valence-corrected chi connectivity index (χ0v) is 13.8. The van der Waals surface area contributed by atoms with Crippen LogP contribution in [0.5, 0.6) is 0 Å². The summed E-state index contributed by atoms with van der Waals surface area (Å²) < 4.78 is 0. The molecule has 0 saturated heterocycles. The minimum Gasteiger partial charge on any atom is -0.375 e. The highest BCUT2D eigenvalue weighted by molar-refractivity contribution is 7.12. The maximum Gasteiger partial charge on any atom is 0.151 e. The van der Waals surface area contributed by atoms with E-state index in [0.717, 1.165) is 11.5 Å². The summed E-state index contributed by atoms with van der Waals surface area (Å²) in [5.74, 6) is 0.991. The van der Waals surface area contributed by atoms with Gasteiger partial charge in [0.05, 0.1) is 11.7 Å². The summed E-state index contributed by atoms with van der Waals surface area (Å²) in [5, 5.41) is 3.62. The molecule has 1 aliphatic rings. The molecule has 1 unspecified atom stereocenters. The van der Waals surface area contributed by atoms with Gasteiger partial charge in [0.2, 0.25) is 0 Å².